The van der Waals surface area contributed by atoms with E-state index in [2.05, 4.69) is 22.9 Å². The first-order valence-electron chi connectivity index (χ1n) is 6.13. The van der Waals surface area contributed by atoms with E-state index in [1.165, 1.54) is 11.1 Å². The van der Waals surface area contributed by atoms with Gasteiger partial charge in [0.2, 0.25) is 0 Å². The molecule has 0 amide bonds. The Bertz CT molecular complexity index is 341. The first kappa shape index (κ1) is 13.9. The van der Waals surface area contributed by atoms with Crippen molar-refractivity contribution in [2.75, 3.05) is 38.3 Å². The fraction of sp³-hybridized carbons (Fsp3) is 0.615. The van der Waals surface area contributed by atoms with Crippen LogP contribution in [0.15, 0.2) is 12.3 Å². The van der Waals surface area contributed by atoms with E-state index in [0.717, 1.165) is 32.0 Å². The summed E-state index contributed by atoms with van der Waals surface area (Å²) in [5.41, 5.74) is 7.93. The van der Waals surface area contributed by atoms with Crippen molar-refractivity contribution in [1.29, 1.82) is 0 Å². The minimum absolute atomic E-state index is 0.667. The Labute approximate surface area is 104 Å². The van der Waals surface area contributed by atoms with E-state index in [9.17, 15) is 0 Å². The number of aromatic nitrogens is 1. The number of likely N-dealkylation sites (N-methyl/N-ethyl adjacent to an activating group) is 1. The molecule has 17 heavy (non-hydrogen) atoms. The molecule has 1 rings (SSSR count). The summed E-state index contributed by atoms with van der Waals surface area (Å²) in [5.74, 6) is 1.02. The van der Waals surface area contributed by atoms with Crippen LogP contribution < -0.4 is 10.6 Å². The number of nitrogens with two attached hydrogens (primary N) is 1. The van der Waals surface area contributed by atoms with Gasteiger partial charge < -0.3 is 15.4 Å². The second-order valence-corrected chi connectivity index (χ2v) is 4.14. The molecule has 0 aromatic carbocycles. The Kier molecular flexibility index (Phi) is 5.94. The standard InChI is InChI=1S/C13H23N3O/c1-4-17-8-7-16(3)13-11(2)9-12(5-6-14)10-15-13/h9-10H,4-8,14H2,1-3H3. The molecule has 0 aliphatic rings. The minimum atomic E-state index is 0.667. The summed E-state index contributed by atoms with van der Waals surface area (Å²) in [7, 11) is 2.04. The lowest BCUT2D eigenvalue weighted by molar-refractivity contribution is 0.154. The molecule has 4 nitrogen and oxygen atoms in total. The summed E-state index contributed by atoms with van der Waals surface area (Å²) in [5, 5.41) is 0. The predicted molar refractivity (Wildman–Crippen MR) is 71.5 cm³/mol. The Morgan fingerprint density at radius 1 is 1.47 bits per heavy atom. The van der Waals surface area contributed by atoms with Gasteiger partial charge in [-0.15, -0.1) is 0 Å². The Hall–Kier alpha value is -1.13. The summed E-state index contributed by atoms with van der Waals surface area (Å²) < 4.78 is 5.34. The number of hydrogen-bond acceptors (Lipinski definition) is 4. The van der Waals surface area contributed by atoms with Gasteiger partial charge in [0.15, 0.2) is 0 Å². The Morgan fingerprint density at radius 3 is 2.82 bits per heavy atom. The molecule has 1 heterocycles. The van der Waals surface area contributed by atoms with Crippen LogP contribution in [-0.4, -0.2) is 38.3 Å². The molecule has 0 atom stereocenters. The van der Waals surface area contributed by atoms with E-state index in [4.69, 9.17) is 10.5 Å². The molecule has 0 unspecified atom stereocenters. The minimum Gasteiger partial charge on any atom is -0.380 e. The van der Waals surface area contributed by atoms with E-state index < -0.39 is 0 Å². The van der Waals surface area contributed by atoms with Gasteiger partial charge in [-0.25, -0.2) is 4.98 Å². The fourth-order valence-electron chi connectivity index (χ4n) is 1.78. The molecular formula is C13H23N3O. The highest BCUT2D eigenvalue weighted by Gasteiger charge is 2.06. The van der Waals surface area contributed by atoms with Crippen molar-refractivity contribution in [2.45, 2.75) is 20.3 Å². The van der Waals surface area contributed by atoms with Crippen molar-refractivity contribution < 1.29 is 4.74 Å². The molecular weight excluding hydrogens is 214 g/mol. The van der Waals surface area contributed by atoms with Crippen LogP contribution in [0, 0.1) is 6.92 Å². The van der Waals surface area contributed by atoms with E-state index in [1.54, 1.807) is 0 Å². The first-order chi connectivity index (χ1) is 8.19. The first-order valence-corrected chi connectivity index (χ1v) is 6.13. The van der Waals surface area contributed by atoms with Crippen molar-refractivity contribution in [3.63, 3.8) is 0 Å². The van der Waals surface area contributed by atoms with Crippen LogP contribution in [0.4, 0.5) is 5.82 Å². The van der Waals surface area contributed by atoms with Crippen LogP contribution in [0.5, 0.6) is 0 Å². The lowest BCUT2D eigenvalue weighted by atomic mass is 10.1. The summed E-state index contributed by atoms with van der Waals surface area (Å²) in [6.45, 7) is 7.11. The van der Waals surface area contributed by atoms with Gasteiger partial charge in [0.1, 0.15) is 5.82 Å². The molecule has 0 spiro atoms. The lowest BCUT2D eigenvalue weighted by Crippen LogP contribution is -2.24. The molecule has 2 N–H and O–H groups in total. The van der Waals surface area contributed by atoms with Gasteiger partial charge in [-0.05, 0) is 37.9 Å². The molecule has 0 fully saturated rings. The van der Waals surface area contributed by atoms with Crippen molar-refractivity contribution in [3.8, 4) is 0 Å². The molecule has 0 aliphatic heterocycles. The third kappa shape index (κ3) is 4.32. The second kappa shape index (κ2) is 7.25. The van der Waals surface area contributed by atoms with Gasteiger partial charge >= 0.3 is 0 Å². The zero-order chi connectivity index (χ0) is 12.7. The molecule has 96 valence electrons. The molecule has 0 radical (unpaired) electrons. The van der Waals surface area contributed by atoms with E-state index in [1.807, 2.05) is 20.2 Å². The van der Waals surface area contributed by atoms with Crippen molar-refractivity contribution in [3.05, 3.63) is 23.4 Å². The van der Waals surface area contributed by atoms with Crippen LogP contribution >= 0.6 is 0 Å². The number of pyridine rings is 1. The Morgan fingerprint density at radius 2 is 2.24 bits per heavy atom. The zero-order valence-electron chi connectivity index (χ0n) is 11.1. The van der Waals surface area contributed by atoms with Crippen LogP contribution in [0.25, 0.3) is 0 Å². The summed E-state index contributed by atoms with van der Waals surface area (Å²) in [6.07, 6.45) is 2.79. The van der Waals surface area contributed by atoms with Gasteiger partial charge in [0.05, 0.1) is 6.61 Å². The predicted octanol–water partition coefficient (Wildman–Crippen LogP) is 1.36. The molecule has 0 saturated carbocycles. The average Bonchev–Trinajstić information content (AvgIpc) is 2.29. The van der Waals surface area contributed by atoms with Crippen LogP contribution in [0.2, 0.25) is 0 Å². The number of hydrogen-bond donors (Lipinski definition) is 1. The van der Waals surface area contributed by atoms with Crippen molar-refractivity contribution >= 4 is 5.82 Å². The molecule has 0 saturated heterocycles. The van der Waals surface area contributed by atoms with Crippen LogP contribution in [0.3, 0.4) is 0 Å². The summed E-state index contributed by atoms with van der Waals surface area (Å²) >= 11 is 0. The zero-order valence-corrected chi connectivity index (χ0v) is 11.1. The highest BCUT2D eigenvalue weighted by Crippen LogP contribution is 2.16. The van der Waals surface area contributed by atoms with Gasteiger partial charge in [-0.3, -0.25) is 0 Å². The third-order valence-electron chi connectivity index (χ3n) is 2.68. The monoisotopic (exact) mass is 237 g/mol. The van der Waals surface area contributed by atoms with Crippen LogP contribution in [-0.2, 0) is 11.2 Å². The molecule has 4 heteroatoms. The van der Waals surface area contributed by atoms with E-state index in [0.29, 0.717) is 6.54 Å². The Balaban J connectivity index is 2.63. The van der Waals surface area contributed by atoms with Gasteiger partial charge in [-0.2, -0.15) is 0 Å². The van der Waals surface area contributed by atoms with Gasteiger partial charge in [-0.1, -0.05) is 6.07 Å². The molecule has 0 aliphatic carbocycles. The normalized spacial score (nSPS) is 10.6. The van der Waals surface area contributed by atoms with E-state index in [-0.39, 0.29) is 0 Å². The number of ether oxygens (including phenoxy) is 1. The molecule has 0 bridgehead atoms. The number of anilines is 1. The molecule has 1 aromatic heterocycles. The molecule has 1 aromatic rings. The maximum Gasteiger partial charge on any atom is 0.131 e. The van der Waals surface area contributed by atoms with Gasteiger partial charge in [0, 0.05) is 26.4 Å². The summed E-state index contributed by atoms with van der Waals surface area (Å²) in [6, 6.07) is 2.16. The van der Waals surface area contributed by atoms with Gasteiger partial charge in [0.25, 0.3) is 0 Å². The van der Waals surface area contributed by atoms with Crippen molar-refractivity contribution in [1.82, 2.24) is 4.98 Å². The average molecular weight is 237 g/mol. The fourth-order valence-corrected chi connectivity index (χ4v) is 1.78. The lowest BCUT2D eigenvalue weighted by Gasteiger charge is -2.20. The summed E-state index contributed by atoms with van der Waals surface area (Å²) in [4.78, 5) is 6.61. The van der Waals surface area contributed by atoms with Crippen LogP contribution in [0.1, 0.15) is 18.1 Å². The maximum atomic E-state index is 5.53. The van der Waals surface area contributed by atoms with E-state index >= 15 is 0 Å². The van der Waals surface area contributed by atoms with Crippen molar-refractivity contribution in [2.24, 2.45) is 5.73 Å². The SMILES string of the molecule is CCOCCN(C)c1ncc(CCN)cc1C. The number of nitrogens with zero attached hydrogens (tertiary/aromatic N) is 2. The smallest absolute Gasteiger partial charge is 0.131 e. The largest absolute Gasteiger partial charge is 0.380 e. The highest BCUT2D eigenvalue weighted by molar-refractivity contribution is 5.46. The highest BCUT2D eigenvalue weighted by atomic mass is 16.5. The third-order valence-corrected chi connectivity index (χ3v) is 2.68. The second-order valence-electron chi connectivity index (χ2n) is 4.14. The maximum absolute atomic E-state index is 5.53. The quantitative estimate of drug-likeness (QED) is 0.728. The number of aryl methyl sites for hydroxylation is 1. The topological polar surface area (TPSA) is 51.4 Å². The number of rotatable bonds is 7.